The Morgan fingerprint density at radius 1 is 0.949 bits per heavy atom. The summed E-state index contributed by atoms with van der Waals surface area (Å²) in [6.45, 7) is 11.1. The number of carbonyl (C=O) groups is 3. The number of alkyl carbamates (subject to hydrolysis) is 1. The minimum absolute atomic E-state index is 0.0990. The number of nitrogens with one attached hydrogen (secondary N) is 2. The second kappa shape index (κ2) is 13.6. The number of aryl methyl sites for hydroxylation is 1. The van der Waals surface area contributed by atoms with E-state index >= 15 is 0 Å². The normalized spacial score (nSPS) is 15.8. The van der Waals surface area contributed by atoms with E-state index in [2.05, 4.69) is 10.6 Å². The quantitative estimate of drug-likeness (QED) is 0.421. The highest BCUT2D eigenvalue weighted by molar-refractivity contribution is 5.92. The van der Waals surface area contributed by atoms with E-state index in [0.717, 1.165) is 42.4 Å². The molecule has 1 fully saturated rings. The smallest absolute Gasteiger partial charge is 0.408 e. The molecule has 1 aliphatic carbocycles. The predicted octanol–water partition coefficient (Wildman–Crippen LogP) is 5.86. The van der Waals surface area contributed by atoms with Gasteiger partial charge in [0.2, 0.25) is 11.8 Å². The minimum Gasteiger partial charge on any atom is -0.444 e. The number of nitrogens with zero attached hydrogens (tertiary/aromatic N) is 1. The molecule has 212 valence electrons. The lowest BCUT2D eigenvalue weighted by molar-refractivity contribution is -0.145. The molecule has 2 atom stereocenters. The number of benzene rings is 2. The van der Waals surface area contributed by atoms with Crippen LogP contribution in [0.1, 0.15) is 89.5 Å². The molecule has 3 amide bonds. The average Bonchev–Trinajstić information content (AvgIpc) is 2.87. The Balaban J connectivity index is 2.00. The van der Waals surface area contributed by atoms with Crippen LogP contribution in [0, 0.1) is 6.92 Å². The van der Waals surface area contributed by atoms with E-state index in [1.165, 1.54) is 6.42 Å². The predicted molar refractivity (Wildman–Crippen MR) is 154 cm³/mol. The van der Waals surface area contributed by atoms with Crippen LogP contribution in [0.5, 0.6) is 0 Å². The van der Waals surface area contributed by atoms with E-state index in [-0.39, 0.29) is 30.3 Å². The van der Waals surface area contributed by atoms with Gasteiger partial charge in [-0.15, -0.1) is 0 Å². The molecule has 3 rings (SSSR count). The zero-order valence-corrected chi connectivity index (χ0v) is 24.3. The van der Waals surface area contributed by atoms with Crippen molar-refractivity contribution in [3.63, 3.8) is 0 Å². The van der Waals surface area contributed by atoms with Gasteiger partial charge in [0.25, 0.3) is 0 Å². The fourth-order valence-electron chi connectivity index (χ4n) is 5.20. The molecule has 0 aliphatic heterocycles. The zero-order chi connectivity index (χ0) is 28.6. The highest BCUT2D eigenvalue weighted by Crippen LogP contribution is 2.29. The number of ether oxygens (including phenoxy) is 1. The molecule has 0 spiro atoms. The summed E-state index contributed by atoms with van der Waals surface area (Å²) in [5.41, 5.74) is 1.89. The van der Waals surface area contributed by atoms with Crippen molar-refractivity contribution in [1.29, 1.82) is 0 Å². The van der Waals surface area contributed by atoms with Gasteiger partial charge in [0.05, 0.1) is 0 Å². The first-order chi connectivity index (χ1) is 18.5. The summed E-state index contributed by atoms with van der Waals surface area (Å²) in [5, 5.41) is 6.06. The van der Waals surface area contributed by atoms with Crippen LogP contribution in [0.15, 0.2) is 54.6 Å². The topological polar surface area (TPSA) is 87.7 Å². The number of amides is 3. The Bertz CT molecular complexity index is 1100. The Morgan fingerprint density at radius 2 is 1.56 bits per heavy atom. The molecule has 0 aromatic heterocycles. The number of hydrogen-bond donors (Lipinski definition) is 2. The highest BCUT2D eigenvalue weighted by Gasteiger charge is 2.39. The third-order valence-corrected chi connectivity index (χ3v) is 7.04. The molecule has 1 aliphatic rings. The molecule has 0 radical (unpaired) electrons. The van der Waals surface area contributed by atoms with E-state index in [9.17, 15) is 14.4 Å². The van der Waals surface area contributed by atoms with Crippen LogP contribution >= 0.6 is 0 Å². The fourth-order valence-corrected chi connectivity index (χ4v) is 5.20. The van der Waals surface area contributed by atoms with Crippen LogP contribution in [0.3, 0.4) is 0 Å². The maximum absolute atomic E-state index is 14.4. The van der Waals surface area contributed by atoms with E-state index in [1.807, 2.05) is 75.4 Å². The van der Waals surface area contributed by atoms with E-state index < -0.39 is 23.8 Å². The van der Waals surface area contributed by atoms with Crippen molar-refractivity contribution >= 4 is 17.9 Å². The monoisotopic (exact) mass is 535 g/mol. The molecular weight excluding hydrogens is 490 g/mol. The van der Waals surface area contributed by atoms with Gasteiger partial charge in [-0.3, -0.25) is 9.59 Å². The molecule has 2 aromatic carbocycles. The largest absolute Gasteiger partial charge is 0.444 e. The summed E-state index contributed by atoms with van der Waals surface area (Å²) in [6.07, 6.45) is 4.85. The van der Waals surface area contributed by atoms with Crippen LogP contribution in [0.4, 0.5) is 4.79 Å². The molecule has 39 heavy (non-hydrogen) atoms. The first kappa shape index (κ1) is 30.2. The lowest BCUT2D eigenvalue weighted by atomic mass is 9.93. The van der Waals surface area contributed by atoms with Crippen molar-refractivity contribution in [1.82, 2.24) is 15.5 Å². The number of carbonyl (C=O) groups excluding carboxylic acids is 3. The third-order valence-electron chi connectivity index (χ3n) is 7.04. The van der Waals surface area contributed by atoms with Crippen LogP contribution in [-0.2, 0) is 20.7 Å². The molecule has 7 nitrogen and oxygen atoms in total. The van der Waals surface area contributed by atoms with Gasteiger partial charge < -0.3 is 20.3 Å². The van der Waals surface area contributed by atoms with Gasteiger partial charge in [-0.05, 0) is 71.1 Å². The highest BCUT2D eigenvalue weighted by atomic mass is 16.6. The van der Waals surface area contributed by atoms with Crippen molar-refractivity contribution in [3.8, 4) is 0 Å². The number of hydrogen-bond acceptors (Lipinski definition) is 4. The molecule has 1 saturated carbocycles. The maximum Gasteiger partial charge on any atom is 0.408 e. The first-order valence-electron chi connectivity index (χ1n) is 14.2. The summed E-state index contributed by atoms with van der Waals surface area (Å²) in [7, 11) is 0. The molecule has 2 N–H and O–H groups in total. The minimum atomic E-state index is -0.918. The van der Waals surface area contributed by atoms with Gasteiger partial charge in [-0.1, -0.05) is 73.9 Å². The average molecular weight is 536 g/mol. The molecular formula is C32H45N3O4. The second-order valence-electron chi connectivity index (χ2n) is 11.8. The van der Waals surface area contributed by atoms with Crippen molar-refractivity contribution in [2.45, 2.75) is 110 Å². The van der Waals surface area contributed by atoms with Gasteiger partial charge in [0.15, 0.2) is 0 Å². The summed E-state index contributed by atoms with van der Waals surface area (Å²) in [4.78, 5) is 42.9. The van der Waals surface area contributed by atoms with Gasteiger partial charge in [0.1, 0.15) is 17.7 Å². The van der Waals surface area contributed by atoms with E-state index in [4.69, 9.17) is 4.74 Å². The SMILES string of the molecule is Cc1ccccc1C(C(=O)NC1CCCCC1)N(C(=O)C(Cc1ccccc1)NC(=O)OC(C)(C)C)C(C)C. The molecule has 0 bridgehead atoms. The summed E-state index contributed by atoms with van der Waals surface area (Å²) in [6, 6.07) is 15.3. The van der Waals surface area contributed by atoms with E-state index in [1.54, 1.807) is 25.7 Å². The maximum atomic E-state index is 14.4. The zero-order valence-electron chi connectivity index (χ0n) is 24.3. The molecule has 2 unspecified atom stereocenters. The van der Waals surface area contributed by atoms with Crippen LogP contribution in [0.2, 0.25) is 0 Å². The van der Waals surface area contributed by atoms with Gasteiger partial charge in [-0.2, -0.15) is 0 Å². The number of rotatable bonds is 9. The summed E-state index contributed by atoms with van der Waals surface area (Å²) in [5.74, 6) is -0.513. The van der Waals surface area contributed by atoms with Crippen molar-refractivity contribution < 1.29 is 19.1 Å². The van der Waals surface area contributed by atoms with Crippen LogP contribution in [-0.4, -0.2) is 46.5 Å². The Labute approximate surface area is 233 Å². The molecule has 0 saturated heterocycles. The Morgan fingerprint density at radius 3 is 2.15 bits per heavy atom. The van der Waals surface area contributed by atoms with E-state index in [0.29, 0.717) is 0 Å². The lowest BCUT2D eigenvalue weighted by Gasteiger charge is -2.38. The third kappa shape index (κ3) is 8.84. The summed E-state index contributed by atoms with van der Waals surface area (Å²) < 4.78 is 5.51. The second-order valence-corrected chi connectivity index (χ2v) is 11.8. The fraction of sp³-hybridized carbons (Fsp3) is 0.531. The standard InChI is InChI=1S/C32H45N3O4/c1-22(2)35(28(26-20-14-13-15-23(26)3)29(36)33-25-18-11-8-12-19-25)30(37)27(21-24-16-9-7-10-17-24)34-31(38)39-32(4,5)6/h7,9-10,13-17,20,22,25,27-28H,8,11-12,18-19,21H2,1-6H3,(H,33,36)(H,34,38). The Kier molecular flexibility index (Phi) is 10.6. The van der Waals surface area contributed by atoms with Gasteiger partial charge >= 0.3 is 6.09 Å². The summed E-state index contributed by atoms with van der Waals surface area (Å²) >= 11 is 0. The molecule has 0 heterocycles. The van der Waals surface area contributed by atoms with Crippen molar-refractivity contribution in [2.24, 2.45) is 0 Å². The molecule has 2 aromatic rings. The lowest BCUT2D eigenvalue weighted by Crippen LogP contribution is -2.56. The van der Waals surface area contributed by atoms with Gasteiger partial charge in [0, 0.05) is 18.5 Å². The molecule has 7 heteroatoms. The Hall–Kier alpha value is -3.35. The van der Waals surface area contributed by atoms with Crippen molar-refractivity contribution in [3.05, 3.63) is 71.3 Å². The van der Waals surface area contributed by atoms with Crippen molar-refractivity contribution in [2.75, 3.05) is 0 Å². The van der Waals surface area contributed by atoms with Gasteiger partial charge in [-0.25, -0.2) is 4.79 Å². The first-order valence-corrected chi connectivity index (χ1v) is 14.2. The van der Waals surface area contributed by atoms with Crippen LogP contribution < -0.4 is 10.6 Å². The van der Waals surface area contributed by atoms with Crippen LogP contribution in [0.25, 0.3) is 0 Å².